The second-order valence-corrected chi connectivity index (χ2v) is 8.66. The third-order valence-electron chi connectivity index (χ3n) is 7.03. The highest BCUT2D eigenvalue weighted by Gasteiger charge is 2.48. The minimum atomic E-state index is -0.591. The molecule has 1 saturated heterocycles. The highest BCUT2D eigenvalue weighted by molar-refractivity contribution is 6.00. The molecule has 1 N–H and O–H groups in total. The fraction of sp³-hybridized carbons (Fsp3) is 0.480. The van der Waals surface area contributed by atoms with Gasteiger partial charge >= 0.3 is 0 Å². The summed E-state index contributed by atoms with van der Waals surface area (Å²) in [6.07, 6.45) is 5.30. The number of nitrogens with one attached hydrogen (secondary N) is 1. The molecule has 1 aliphatic heterocycles. The molecule has 1 saturated carbocycles. The van der Waals surface area contributed by atoms with Crippen molar-refractivity contribution < 1.29 is 14.3 Å². The van der Waals surface area contributed by atoms with Gasteiger partial charge in [0.05, 0.1) is 12.2 Å². The number of hydrogen-bond donors (Lipinski definition) is 1. The maximum absolute atomic E-state index is 13.8. The lowest BCUT2D eigenvalue weighted by atomic mass is 9.73. The molecule has 3 aliphatic rings. The van der Waals surface area contributed by atoms with Crippen molar-refractivity contribution >= 4 is 5.91 Å². The van der Waals surface area contributed by atoms with Crippen molar-refractivity contribution in [1.82, 2.24) is 5.32 Å². The van der Waals surface area contributed by atoms with Crippen molar-refractivity contribution in [3.05, 3.63) is 59.7 Å². The van der Waals surface area contributed by atoms with Crippen LogP contribution in [0.25, 0.3) is 11.1 Å². The van der Waals surface area contributed by atoms with Crippen LogP contribution < -0.4 is 5.32 Å². The Labute approximate surface area is 172 Å². The first-order chi connectivity index (χ1) is 14.2. The van der Waals surface area contributed by atoms with Gasteiger partial charge in [0, 0.05) is 6.54 Å². The molecule has 2 aliphatic carbocycles. The molecule has 29 heavy (non-hydrogen) atoms. The van der Waals surface area contributed by atoms with E-state index in [4.69, 9.17) is 9.47 Å². The molecule has 5 rings (SSSR count). The first-order valence-corrected chi connectivity index (χ1v) is 10.9. The number of hydrogen-bond acceptors (Lipinski definition) is 3. The SMILES string of the molecule is CCCC1(C(=O)NCC2CCC3OCOC3C2)c2ccccc2-c2ccccc21. The second kappa shape index (κ2) is 7.58. The molecular formula is C25H29NO3. The van der Waals surface area contributed by atoms with Crippen molar-refractivity contribution in [2.24, 2.45) is 5.92 Å². The van der Waals surface area contributed by atoms with E-state index in [1.165, 1.54) is 11.1 Å². The van der Waals surface area contributed by atoms with Crippen LogP contribution in [0.5, 0.6) is 0 Å². The molecule has 2 fully saturated rings. The standard InChI is InChI=1S/C25H29NO3/c1-2-13-25(20-9-5-3-7-18(20)19-8-4-6-10-21(19)25)24(27)26-15-17-11-12-22-23(14-17)29-16-28-22/h3-10,17,22-23H,2,11-16H2,1H3,(H,26,27). The van der Waals surface area contributed by atoms with Crippen LogP contribution in [0.4, 0.5) is 0 Å². The van der Waals surface area contributed by atoms with Gasteiger partial charge in [-0.25, -0.2) is 0 Å². The van der Waals surface area contributed by atoms with E-state index < -0.39 is 5.41 Å². The van der Waals surface area contributed by atoms with Crippen molar-refractivity contribution in [2.75, 3.05) is 13.3 Å². The lowest BCUT2D eigenvalue weighted by Crippen LogP contribution is -2.46. The Morgan fingerprint density at radius 1 is 1.00 bits per heavy atom. The van der Waals surface area contributed by atoms with Crippen LogP contribution in [-0.4, -0.2) is 31.5 Å². The van der Waals surface area contributed by atoms with Crippen LogP contribution in [0.15, 0.2) is 48.5 Å². The van der Waals surface area contributed by atoms with Gasteiger partial charge in [0.25, 0.3) is 0 Å². The maximum Gasteiger partial charge on any atom is 0.235 e. The van der Waals surface area contributed by atoms with E-state index in [0.717, 1.165) is 43.2 Å². The van der Waals surface area contributed by atoms with Crippen molar-refractivity contribution in [2.45, 2.75) is 56.7 Å². The predicted octanol–water partition coefficient (Wildman–Crippen LogP) is 4.41. The lowest BCUT2D eigenvalue weighted by Gasteiger charge is -2.33. The van der Waals surface area contributed by atoms with Crippen molar-refractivity contribution in [1.29, 1.82) is 0 Å². The molecule has 0 bridgehead atoms. The van der Waals surface area contributed by atoms with Gasteiger partial charge in [-0.05, 0) is 53.9 Å². The third kappa shape index (κ3) is 3.01. The highest BCUT2D eigenvalue weighted by Crippen LogP contribution is 2.51. The second-order valence-electron chi connectivity index (χ2n) is 8.66. The number of carbonyl (C=O) groups excluding carboxylic acids is 1. The number of ether oxygens (including phenoxy) is 2. The smallest absolute Gasteiger partial charge is 0.235 e. The summed E-state index contributed by atoms with van der Waals surface area (Å²) in [7, 11) is 0. The molecule has 3 unspecified atom stereocenters. The minimum absolute atomic E-state index is 0.141. The zero-order chi connectivity index (χ0) is 19.8. The normalized spacial score (nSPS) is 26.4. The quantitative estimate of drug-likeness (QED) is 0.821. The van der Waals surface area contributed by atoms with Gasteiger partial charge in [-0.1, -0.05) is 61.9 Å². The van der Waals surface area contributed by atoms with E-state index in [1.807, 2.05) is 0 Å². The lowest BCUT2D eigenvalue weighted by molar-refractivity contribution is -0.125. The van der Waals surface area contributed by atoms with Crippen LogP contribution >= 0.6 is 0 Å². The van der Waals surface area contributed by atoms with Crippen LogP contribution in [0.1, 0.15) is 50.2 Å². The first kappa shape index (κ1) is 18.8. The largest absolute Gasteiger partial charge is 0.355 e. The Kier molecular flexibility index (Phi) is 4.92. The van der Waals surface area contributed by atoms with Gasteiger partial charge in [0.15, 0.2) is 0 Å². The van der Waals surface area contributed by atoms with Gasteiger partial charge in [0.1, 0.15) is 12.2 Å². The molecule has 2 aromatic rings. The van der Waals surface area contributed by atoms with Crippen molar-refractivity contribution in [3.8, 4) is 11.1 Å². The highest BCUT2D eigenvalue weighted by atomic mass is 16.7. The summed E-state index contributed by atoms with van der Waals surface area (Å²) in [6.45, 7) is 3.29. The molecular weight excluding hydrogens is 362 g/mol. The Morgan fingerprint density at radius 3 is 2.34 bits per heavy atom. The fourth-order valence-electron chi connectivity index (χ4n) is 5.67. The van der Waals surface area contributed by atoms with E-state index in [2.05, 4.69) is 60.8 Å². The number of fused-ring (bicyclic) bond motifs is 4. The maximum atomic E-state index is 13.8. The summed E-state index contributed by atoms with van der Waals surface area (Å²) in [5.41, 5.74) is 4.10. The molecule has 0 aromatic heterocycles. The summed E-state index contributed by atoms with van der Waals surface area (Å²) >= 11 is 0. The minimum Gasteiger partial charge on any atom is -0.355 e. The summed E-state index contributed by atoms with van der Waals surface area (Å²) in [6, 6.07) is 16.8. The van der Waals surface area contributed by atoms with E-state index in [9.17, 15) is 4.79 Å². The van der Waals surface area contributed by atoms with E-state index >= 15 is 0 Å². The van der Waals surface area contributed by atoms with Gasteiger partial charge in [-0.3, -0.25) is 4.79 Å². The van der Waals surface area contributed by atoms with E-state index in [-0.39, 0.29) is 18.1 Å². The number of carbonyl (C=O) groups is 1. The Morgan fingerprint density at radius 2 is 1.66 bits per heavy atom. The summed E-state index contributed by atoms with van der Waals surface area (Å²) in [4.78, 5) is 13.8. The molecule has 4 heteroatoms. The zero-order valence-electron chi connectivity index (χ0n) is 17.0. The fourth-order valence-corrected chi connectivity index (χ4v) is 5.67. The molecule has 152 valence electrons. The monoisotopic (exact) mass is 391 g/mol. The summed E-state index contributed by atoms with van der Waals surface area (Å²) < 4.78 is 11.3. The van der Waals surface area contributed by atoms with Crippen molar-refractivity contribution in [3.63, 3.8) is 0 Å². The molecule has 4 nitrogen and oxygen atoms in total. The predicted molar refractivity (Wildman–Crippen MR) is 113 cm³/mol. The van der Waals surface area contributed by atoms with Crippen LogP contribution in [0, 0.1) is 5.92 Å². The Balaban J connectivity index is 1.42. The number of benzene rings is 2. The molecule has 3 atom stereocenters. The molecule has 1 amide bonds. The molecule has 2 aromatic carbocycles. The van der Waals surface area contributed by atoms with Gasteiger partial charge < -0.3 is 14.8 Å². The Hall–Kier alpha value is -2.17. The molecule has 1 heterocycles. The van der Waals surface area contributed by atoms with Crippen LogP contribution in [0.2, 0.25) is 0 Å². The third-order valence-corrected chi connectivity index (χ3v) is 7.03. The van der Waals surface area contributed by atoms with E-state index in [1.54, 1.807) is 0 Å². The van der Waals surface area contributed by atoms with Gasteiger partial charge in [-0.2, -0.15) is 0 Å². The Bertz CT molecular complexity index is 863. The average Bonchev–Trinajstić information content (AvgIpc) is 3.34. The van der Waals surface area contributed by atoms with Crippen LogP contribution in [-0.2, 0) is 19.7 Å². The zero-order valence-corrected chi connectivity index (χ0v) is 17.0. The summed E-state index contributed by atoms with van der Waals surface area (Å²) in [5, 5.41) is 3.35. The topological polar surface area (TPSA) is 47.6 Å². The summed E-state index contributed by atoms with van der Waals surface area (Å²) in [5.74, 6) is 0.593. The van der Waals surface area contributed by atoms with Gasteiger partial charge in [-0.15, -0.1) is 0 Å². The number of rotatable bonds is 5. The van der Waals surface area contributed by atoms with E-state index in [0.29, 0.717) is 19.3 Å². The van der Waals surface area contributed by atoms with Crippen LogP contribution in [0.3, 0.4) is 0 Å². The molecule has 0 radical (unpaired) electrons. The average molecular weight is 392 g/mol. The van der Waals surface area contributed by atoms with Gasteiger partial charge in [0.2, 0.25) is 5.91 Å². The first-order valence-electron chi connectivity index (χ1n) is 10.9. The number of amides is 1. The molecule has 0 spiro atoms.